The Morgan fingerprint density at radius 2 is 1.79 bits per heavy atom. The molecule has 0 unspecified atom stereocenters. The molecule has 3 amide bonds. The number of fused-ring (bicyclic) bond motifs is 1. The number of hydrogen-bond donors (Lipinski definition) is 3. The van der Waals surface area contributed by atoms with Gasteiger partial charge in [0.15, 0.2) is 0 Å². The second kappa shape index (κ2) is 6.54. The highest BCUT2D eigenvalue weighted by atomic mass is 16.2. The van der Waals surface area contributed by atoms with E-state index in [1.165, 1.54) is 6.92 Å². The molecule has 0 bridgehead atoms. The van der Waals surface area contributed by atoms with E-state index in [0.717, 1.165) is 11.3 Å². The molecule has 3 rings (SSSR count). The molecule has 1 aliphatic rings. The predicted octanol–water partition coefficient (Wildman–Crippen LogP) is 2.78. The Bertz CT molecular complexity index is 830. The monoisotopic (exact) mass is 323 g/mol. The number of rotatable bonds is 3. The summed E-state index contributed by atoms with van der Waals surface area (Å²) in [7, 11) is 0. The van der Waals surface area contributed by atoms with Crippen molar-refractivity contribution in [1.29, 1.82) is 0 Å². The van der Waals surface area contributed by atoms with E-state index in [2.05, 4.69) is 16.0 Å². The second-order valence-electron chi connectivity index (χ2n) is 5.64. The summed E-state index contributed by atoms with van der Waals surface area (Å²) < 4.78 is 0. The summed E-state index contributed by atoms with van der Waals surface area (Å²) in [6.07, 6.45) is 1.10. The van der Waals surface area contributed by atoms with Crippen molar-refractivity contribution in [3.05, 3.63) is 53.6 Å². The van der Waals surface area contributed by atoms with Crippen LogP contribution in [0.4, 0.5) is 17.1 Å². The summed E-state index contributed by atoms with van der Waals surface area (Å²) >= 11 is 0. The van der Waals surface area contributed by atoms with Gasteiger partial charge >= 0.3 is 0 Å². The van der Waals surface area contributed by atoms with E-state index < -0.39 is 0 Å². The molecule has 2 aromatic carbocycles. The topological polar surface area (TPSA) is 87.3 Å². The van der Waals surface area contributed by atoms with Crippen LogP contribution in [0, 0.1) is 0 Å². The van der Waals surface area contributed by atoms with E-state index >= 15 is 0 Å². The van der Waals surface area contributed by atoms with Crippen LogP contribution >= 0.6 is 0 Å². The van der Waals surface area contributed by atoms with Gasteiger partial charge in [0, 0.05) is 36.0 Å². The van der Waals surface area contributed by atoms with Gasteiger partial charge in [-0.2, -0.15) is 0 Å². The van der Waals surface area contributed by atoms with Crippen LogP contribution in [0.2, 0.25) is 0 Å². The summed E-state index contributed by atoms with van der Waals surface area (Å²) in [6, 6.07) is 12.1. The number of aryl methyl sites for hydroxylation is 1. The highest BCUT2D eigenvalue weighted by molar-refractivity contribution is 6.05. The molecule has 0 saturated heterocycles. The number of carbonyl (C=O) groups is 3. The number of nitrogens with one attached hydrogen (secondary N) is 3. The average molecular weight is 323 g/mol. The van der Waals surface area contributed by atoms with Crippen LogP contribution in [0.25, 0.3) is 0 Å². The minimum atomic E-state index is -0.262. The predicted molar refractivity (Wildman–Crippen MR) is 92.1 cm³/mol. The molecule has 2 aromatic rings. The lowest BCUT2D eigenvalue weighted by Crippen LogP contribution is -2.19. The van der Waals surface area contributed by atoms with Crippen molar-refractivity contribution in [2.24, 2.45) is 0 Å². The first-order chi connectivity index (χ1) is 11.5. The molecule has 6 heteroatoms. The summed E-state index contributed by atoms with van der Waals surface area (Å²) in [4.78, 5) is 34.9. The van der Waals surface area contributed by atoms with E-state index in [4.69, 9.17) is 0 Å². The Balaban J connectivity index is 1.75. The lowest BCUT2D eigenvalue weighted by molar-refractivity contribution is -0.116. The van der Waals surface area contributed by atoms with Gasteiger partial charge in [0.25, 0.3) is 5.91 Å². The first-order valence-corrected chi connectivity index (χ1v) is 7.63. The summed E-state index contributed by atoms with van der Waals surface area (Å²) in [5.41, 5.74) is 3.48. The number of carbonyl (C=O) groups excluding carboxylic acids is 3. The number of benzene rings is 2. The van der Waals surface area contributed by atoms with Gasteiger partial charge in [-0.15, -0.1) is 0 Å². The van der Waals surface area contributed by atoms with Crippen molar-refractivity contribution < 1.29 is 14.4 Å². The third kappa shape index (κ3) is 3.60. The summed E-state index contributed by atoms with van der Waals surface area (Å²) in [5, 5.41) is 8.29. The van der Waals surface area contributed by atoms with Crippen LogP contribution in [0.5, 0.6) is 0 Å². The molecule has 0 radical (unpaired) electrons. The summed E-state index contributed by atoms with van der Waals surface area (Å²) in [6.45, 7) is 1.42. The van der Waals surface area contributed by atoms with Crippen LogP contribution in [0.15, 0.2) is 42.5 Å². The second-order valence-corrected chi connectivity index (χ2v) is 5.64. The molecule has 6 nitrogen and oxygen atoms in total. The molecule has 1 heterocycles. The van der Waals surface area contributed by atoms with E-state index in [1.807, 2.05) is 6.07 Å². The van der Waals surface area contributed by atoms with Gasteiger partial charge in [0.05, 0.1) is 0 Å². The molecule has 1 aliphatic heterocycles. The lowest BCUT2D eigenvalue weighted by atomic mass is 10.0. The Morgan fingerprint density at radius 3 is 2.58 bits per heavy atom. The van der Waals surface area contributed by atoms with Crippen molar-refractivity contribution in [2.45, 2.75) is 19.8 Å². The lowest BCUT2D eigenvalue weighted by Gasteiger charge is -2.17. The maximum Gasteiger partial charge on any atom is 0.255 e. The SMILES string of the molecule is CC(=O)Nc1cccc(C(=O)Nc2ccc3c(c2)CCC(=O)N3)c1. The fourth-order valence-electron chi connectivity index (χ4n) is 2.61. The van der Waals surface area contributed by atoms with Gasteiger partial charge in [-0.3, -0.25) is 14.4 Å². The first-order valence-electron chi connectivity index (χ1n) is 7.63. The van der Waals surface area contributed by atoms with Gasteiger partial charge in [-0.25, -0.2) is 0 Å². The van der Waals surface area contributed by atoms with Gasteiger partial charge in [-0.1, -0.05) is 6.07 Å². The van der Waals surface area contributed by atoms with Crippen LogP contribution in [0.3, 0.4) is 0 Å². The molecule has 0 fully saturated rings. The zero-order valence-corrected chi connectivity index (χ0v) is 13.2. The molecule has 0 spiro atoms. The van der Waals surface area contributed by atoms with Crippen LogP contribution in [-0.2, 0) is 16.0 Å². The molecule has 0 atom stereocenters. The van der Waals surface area contributed by atoms with Gasteiger partial charge in [0.2, 0.25) is 11.8 Å². The summed E-state index contributed by atoms with van der Waals surface area (Å²) in [5.74, 6) is -0.444. The Morgan fingerprint density at radius 1 is 1.00 bits per heavy atom. The fourth-order valence-corrected chi connectivity index (χ4v) is 2.61. The van der Waals surface area contributed by atoms with E-state index in [9.17, 15) is 14.4 Å². The van der Waals surface area contributed by atoms with E-state index in [1.54, 1.807) is 36.4 Å². The minimum absolute atomic E-state index is 0.00840. The largest absolute Gasteiger partial charge is 0.326 e. The Hall–Kier alpha value is -3.15. The van der Waals surface area contributed by atoms with Crippen molar-refractivity contribution in [2.75, 3.05) is 16.0 Å². The van der Waals surface area contributed by atoms with E-state index in [-0.39, 0.29) is 17.7 Å². The van der Waals surface area contributed by atoms with Gasteiger partial charge in [0.1, 0.15) is 0 Å². The van der Waals surface area contributed by atoms with Crippen molar-refractivity contribution in [1.82, 2.24) is 0 Å². The zero-order chi connectivity index (χ0) is 17.1. The fraction of sp³-hybridized carbons (Fsp3) is 0.167. The highest BCUT2D eigenvalue weighted by Crippen LogP contribution is 2.26. The molecule has 0 saturated carbocycles. The van der Waals surface area contributed by atoms with Crippen molar-refractivity contribution in [3.63, 3.8) is 0 Å². The van der Waals surface area contributed by atoms with E-state index in [0.29, 0.717) is 29.8 Å². The molecule has 24 heavy (non-hydrogen) atoms. The van der Waals surface area contributed by atoms with Crippen LogP contribution in [0.1, 0.15) is 29.3 Å². The average Bonchev–Trinajstić information content (AvgIpc) is 2.54. The molecule has 122 valence electrons. The molecular weight excluding hydrogens is 306 g/mol. The Labute approximate surface area is 139 Å². The van der Waals surface area contributed by atoms with Crippen molar-refractivity contribution in [3.8, 4) is 0 Å². The maximum atomic E-state index is 12.4. The number of anilines is 3. The quantitative estimate of drug-likeness (QED) is 0.811. The van der Waals surface area contributed by atoms with Crippen molar-refractivity contribution >= 4 is 34.8 Å². The number of amides is 3. The standard InChI is InChI=1S/C18H17N3O3/c1-11(22)19-14-4-2-3-13(10-14)18(24)20-15-6-7-16-12(9-15)5-8-17(23)21-16/h2-4,6-7,9-10H,5,8H2,1H3,(H,19,22)(H,20,24)(H,21,23). The van der Waals surface area contributed by atoms with Gasteiger partial charge < -0.3 is 16.0 Å². The first kappa shape index (κ1) is 15.7. The number of hydrogen-bond acceptors (Lipinski definition) is 3. The van der Waals surface area contributed by atoms with Crippen LogP contribution in [-0.4, -0.2) is 17.7 Å². The minimum Gasteiger partial charge on any atom is -0.326 e. The molecule has 3 N–H and O–H groups in total. The molecular formula is C18H17N3O3. The third-order valence-corrected chi connectivity index (χ3v) is 3.70. The highest BCUT2D eigenvalue weighted by Gasteiger charge is 2.15. The molecule has 0 aliphatic carbocycles. The van der Waals surface area contributed by atoms with Crippen LogP contribution < -0.4 is 16.0 Å². The Kier molecular flexibility index (Phi) is 4.29. The normalized spacial score (nSPS) is 12.8. The smallest absolute Gasteiger partial charge is 0.255 e. The third-order valence-electron chi connectivity index (χ3n) is 3.70. The maximum absolute atomic E-state index is 12.4. The zero-order valence-electron chi connectivity index (χ0n) is 13.2. The van der Waals surface area contributed by atoms with Gasteiger partial charge in [-0.05, 0) is 48.4 Å². The molecule has 0 aromatic heterocycles.